The summed E-state index contributed by atoms with van der Waals surface area (Å²) in [6.45, 7) is 3.26. The first-order chi connectivity index (χ1) is 12.9. The van der Waals surface area contributed by atoms with Crippen molar-refractivity contribution >= 4 is 21.6 Å². The van der Waals surface area contributed by atoms with E-state index in [2.05, 4.69) is 5.32 Å². The Morgan fingerprint density at radius 1 is 1.15 bits per heavy atom. The minimum atomic E-state index is -3.73. The summed E-state index contributed by atoms with van der Waals surface area (Å²) in [5, 5.41) is 2.57. The lowest BCUT2D eigenvalue weighted by molar-refractivity contribution is 0.102. The van der Waals surface area contributed by atoms with Gasteiger partial charge in [-0.15, -0.1) is 0 Å². The zero-order valence-electron chi connectivity index (χ0n) is 14.9. The van der Waals surface area contributed by atoms with Crippen molar-refractivity contribution in [2.75, 3.05) is 25.0 Å². The number of nitrogens with one attached hydrogen (secondary N) is 1. The monoisotopic (exact) mass is 392 g/mol. The Morgan fingerprint density at radius 3 is 2.44 bits per heavy atom. The molecule has 0 unspecified atom stereocenters. The molecule has 27 heavy (non-hydrogen) atoms. The highest BCUT2D eigenvalue weighted by Crippen LogP contribution is 2.24. The van der Waals surface area contributed by atoms with Gasteiger partial charge in [-0.2, -0.15) is 4.31 Å². The number of amides is 1. The fraction of sp³-hybridized carbons (Fsp3) is 0.316. The van der Waals surface area contributed by atoms with Gasteiger partial charge in [0.15, 0.2) is 0 Å². The molecule has 144 valence electrons. The van der Waals surface area contributed by atoms with E-state index in [1.807, 2.05) is 6.92 Å². The normalized spacial score (nSPS) is 14.9. The lowest BCUT2D eigenvalue weighted by atomic mass is 10.2. The van der Waals surface area contributed by atoms with Crippen molar-refractivity contribution in [1.29, 1.82) is 0 Å². The maximum Gasteiger partial charge on any atom is 0.258 e. The van der Waals surface area contributed by atoms with Crippen LogP contribution in [0.25, 0.3) is 0 Å². The molecule has 0 atom stereocenters. The van der Waals surface area contributed by atoms with Crippen molar-refractivity contribution in [3.63, 3.8) is 0 Å². The zero-order valence-corrected chi connectivity index (χ0v) is 15.8. The minimum absolute atomic E-state index is 0.0809. The summed E-state index contributed by atoms with van der Waals surface area (Å²) in [4.78, 5) is 12.4. The molecule has 6 nitrogen and oxygen atoms in total. The van der Waals surface area contributed by atoms with Gasteiger partial charge >= 0.3 is 0 Å². The molecule has 1 heterocycles. The van der Waals surface area contributed by atoms with Gasteiger partial charge < -0.3 is 10.1 Å². The third kappa shape index (κ3) is 4.28. The number of sulfonamides is 1. The molecule has 0 bridgehead atoms. The van der Waals surface area contributed by atoms with Crippen LogP contribution in [0.2, 0.25) is 0 Å². The summed E-state index contributed by atoms with van der Waals surface area (Å²) in [6, 6.07) is 9.92. The average Bonchev–Trinajstić information content (AvgIpc) is 3.19. The third-order valence-corrected chi connectivity index (χ3v) is 6.20. The van der Waals surface area contributed by atoms with E-state index in [9.17, 15) is 17.6 Å². The van der Waals surface area contributed by atoms with Gasteiger partial charge in [-0.25, -0.2) is 12.8 Å². The summed E-state index contributed by atoms with van der Waals surface area (Å²) in [5.41, 5.74) is 0.139. The first kappa shape index (κ1) is 19.3. The van der Waals surface area contributed by atoms with Crippen LogP contribution in [0.15, 0.2) is 47.4 Å². The van der Waals surface area contributed by atoms with E-state index in [-0.39, 0.29) is 10.5 Å². The van der Waals surface area contributed by atoms with Gasteiger partial charge in [-0.05, 0) is 62.2 Å². The maximum atomic E-state index is 14.2. The van der Waals surface area contributed by atoms with Crippen molar-refractivity contribution < 1.29 is 22.3 Å². The van der Waals surface area contributed by atoms with Crippen molar-refractivity contribution in [1.82, 2.24) is 4.31 Å². The molecule has 8 heteroatoms. The molecule has 3 rings (SSSR count). The van der Waals surface area contributed by atoms with Crippen LogP contribution in [0, 0.1) is 5.82 Å². The van der Waals surface area contributed by atoms with Gasteiger partial charge in [0.1, 0.15) is 11.6 Å². The molecule has 2 aromatic carbocycles. The molecule has 1 N–H and O–H groups in total. The highest BCUT2D eigenvalue weighted by atomic mass is 32.2. The fourth-order valence-corrected chi connectivity index (χ4v) is 4.46. The SMILES string of the molecule is CCOc1ccc(NC(=O)c2cc(S(=O)(=O)N3CCCC3)ccc2F)cc1. The summed E-state index contributed by atoms with van der Waals surface area (Å²) in [6.07, 6.45) is 1.59. The van der Waals surface area contributed by atoms with E-state index in [1.54, 1.807) is 24.3 Å². The van der Waals surface area contributed by atoms with Crippen molar-refractivity contribution in [2.45, 2.75) is 24.7 Å². The molecule has 1 fully saturated rings. The van der Waals surface area contributed by atoms with E-state index in [0.29, 0.717) is 31.1 Å². The van der Waals surface area contributed by atoms with Crippen LogP contribution >= 0.6 is 0 Å². The van der Waals surface area contributed by atoms with Crippen LogP contribution in [-0.4, -0.2) is 38.3 Å². The molecule has 0 radical (unpaired) electrons. The summed E-state index contributed by atoms with van der Waals surface area (Å²) in [5.74, 6) is -0.839. The lowest BCUT2D eigenvalue weighted by Crippen LogP contribution is -2.28. The predicted octanol–water partition coefficient (Wildman–Crippen LogP) is 3.26. The predicted molar refractivity (Wildman–Crippen MR) is 100.0 cm³/mol. The average molecular weight is 392 g/mol. The Morgan fingerprint density at radius 2 is 1.81 bits per heavy atom. The Balaban J connectivity index is 1.82. The number of nitrogens with zero attached hydrogens (tertiary/aromatic N) is 1. The second-order valence-corrected chi connectivity index (χ2v) is 8.10. The number of ether oxygens (including phenoxy) is 1. The molecular weight excluding hydrogens is 371 g/mol. The molecule has 0 spiro atoms. The summed E-state index contributed by atoms with van der Waals surface area (Å²) in [7, 11) is -3.73. The van der Waals surface area contributed by atoms with Gasteiger partial charge in [0.05, 0.1) is 17.1 Å². The number of hydrogen-bond donors (Lipinski definition) is 1. The quantitative estimate of drug-likeness (QED) is 0.819. The summed E-state index contributed by atoms with van der Waals surface area (Å²) < 4.78 is 46.1. The number of hydrogen-bond acceptors (Lipinski definition) is 4. The van der Waals surface area contributed by atoms with Crippen molar-refractivity contribution in [3.05, 3.63) is 53.8 Å². The van der Waals surface area contributed by atoms with Gasteiger partial charge in [-0.1, -0.05) is 0 Å². The molecule has 1 aliphatic rings. The third-order valence-electron chi connectivity index (χ3n) is 4.31. The number of rotatable bonds is 6. The highest BCUT2D eigenvalue weighted by molar-refractivity contribution is 7.89. The van der Waals surface area contributed by atoms with Crippen LogP contribution in [-0.2, 0) is 10.0 Å². The Labute approximate surface area is 158 Å². The Kier molecular flexibility index (Phi) is 5.76. The highest BCUT2D eigenvalue weighted by Gasteiger charge is 2.28. The van der Waals surface area contributed by atoms with Gasteiger partial charge in [0.2, 0.25) is 10.0 Å². The van der Waals surface area contributed by atoms with Gasteiger partial charge in [0.25, 0.3) is 5.91 Å². The second kappa shape index (κ2) is 8.06. The maximum absolute atomic E-state index is 14.2. The van der Waals surface area contributed by atoms with Crippen molar-refractivity contribution in [2.24, 2.45) is 0 Å². The molecule has 2 aromatic rings. The fourth-order valence-electron chi connectivity index (χ4n) is 2.92. The first-order valence-corrected chi connectivity index (χ1v) is 10.2. The van der Waals surface area contributed by atoms with Crippen LogP contribution in [0.1, 0.15) is 30.1 Å². The molecule has 0 aliphatic carbocycles. The molecule has 1 saturated heterocycles. The number of carbonyl (C=O) groups excluding carboxylic acids is 1. The van der Waals surface area contributed by atoms with E-state index in [0.717, 1.165) is 25.0 Å². The zero-order chi connectivity index (χ0) is 19.4. The Bertz CT molecular complexity index is 923. The largest absolute Gasteiger partial charge is 0.494 e. The van der Waals surface area contributed by atoms with Crippen LogP contribution in [0.5, 0.6) is 5.75 Å². The molecule has 1 aliphatic heterocycles. The van der Waals surface area contributed by atoms with E-state index in [4.69, 9.17) is 4.74 Å². The molecule has 0 aromatic heterocycles. The number of carbonyl (C=O) groups is 1. The minimum Gasteiger partial charge on any atom is -0.494 e. The van der Waals surface area contributed by atoms with E-state index in [1.165, 1.54) is 10.4 Å². The van der Waals surface area contributed by atoms with E-state index < -0.39 is 21.7 Å². The smallest absolute Gasteiger partial charge is 0.258 e. The summed E-state index contributed by atoms with van der Waals surface area (Å²) >= 11 is 0. The molecule has 1 amide bonds. The Hall–Kier alpha value is -2.45. The lowest BCUT2D eigenvalue weighted by Gasteiger charge is -2.16. The second-order valence-electron chi connectivity index (χ2n) is 6.16. The van der Waals surface area contributed by atoms with Crippen LogP contribution in [0.4, 0.5) is 10.1 Å². The number of halogens is 1. The van der Waals surface area contributed by atoms with Gasteiger partial charge in [0, 0.05) is 18.8 Å². The first-order valence-electron chi connectivity index (χ1n) is 8.75. The topological polar surface area (TPSA) is 75.7 Å². The van der Waals surface area contributed by atoms with Gasteiger partial charge in [-0.3, -0.25) is 4.79 Å². The standard InChI is InChI=1S/C19H21FN2O4S/c1-2-26-15-7-5-14(6-8-15)21-19(23)17-13-16(9-10-18(17)20)27(24,25)22-11-3-4-12-22/h5-10,13H,2-4,11-12H2,1H3,(H,21,23). The van der Waals surface area contributed by atoms with Crippen LogP contribution in [0.3, 0.4) is 0 Å². The number of anilines is 1. The van der Waals surface area contributed by atoms with Crippen molar-refractivity contribution in [3.8, 4) is 5.75 Å². The molecular formula is C19H21FN2O4S. The van der Waals surface area contributed by atoms with Crippen LogP contribution < -0.4 is 10.1 Å². The number of benzene rings is 2. The van der Waals surface area contributed by atoms with E-state index >= 15 is 0 Å². The molecule has 0 saturated carbocycles.